The molecule has 0 unspecified atom stereocenters. The maximum Gasteiger partial charge on any atom is 0.179 e. The average molecular weight is 781 g/mol. The largest absolute Gasteiger partial charge is 0.309 e. The smallest absolute Gasteiger partial charge is 0.179 e. The van der Waals surface area contributed by atoms with Crippen LogP contribution in [0.2, 0.25) is 0 Å². The molecule has 0 aliphatic heterocycles. The van der Waals surface area contributed by atoms with Crippen LogP contribution in [0.5, 0.6) is 0 Å². The number of aromatic nitrogens is 4. The van der Waals surface area contributed by atoms with Crippen LogP contribution >= 0.6 is 0 Å². The summed E-state index contributed by atoms with van der Waals surface area (Å²) in [6, 6.07) is 59.6. The van der Waals surface area contributed by atoms with Crippen LogP contribution in [0.15, 0.2) is 183 Å². The van der Waals surface area contributed by atoms with Gasteiger partial charge in [0.2, 0.25) is 0 Å². The molecule has 4 heterocycles. The predicted molar refractivity (Wildman–Crippen MR) is 251 cm³/mol. The summed E-state index contributed by atoms with van der Waals surface area (Å²) in [6.45, 7) is 9.13. The van der Waals surface area contributed by atoms with Crippen LogP contribution in [0.4, 0.5) is 0 Å². The monoisotopic (exact) mass is 780 g/mol. The van der Waals surface area contributed by atoms with Crippen molar-refractivity contribution in [3.63, 3.8) is 0 Å². The van der Waals surface area contributed by atoms with Crippen molar-refractivity contribution >= 4 is 72.4 Å². The number of rotatable bonds is 10. The SMILES string of the molecule is CC(C)Cc1ccc2c(c1)c1cnccc1n2-c1ccc([Si](c2ccccc2)(c2ccccc2)c2ccc(-n3c4ccncc4c4cc(CC(C)C)ccc43)cc2)cc1. The second-order valence-corrected chi connectivity index (χ2v) is 20.7. The van der Waals surface area contributed by atoms with Crippen LogP contribution in [0, 0.1) is 11.8 Å². The molecule has 0 amide bonds. The van der Waals surface area contributed by atoms with Crippen molar-refractivity contribution < 1.29 is 0 Å². The molecule has 10 aromatic rings. The Morgan fingerprint density at radius 3 is 1.17 bits per heavy atom. The fourth-order valence-corrected chi connectivity index (χ4v) is 14.4. The molecular formula is C54H48N4Si. The van der Waals surface area contributed by atoms with Gasteiger partial charge in [0.05, 0.1) is 22.1 Å². The minimum absolute atomic E-state index is 0.593. The number of hydrogen-bond donors (Lipinski definition) is 0. The van der Waals surface area contributed by atoms with E-state index < -0.39 is 8.07 Å². The van der Waals surface area contributed by atoms with Crippen molar-refractivity contribution in [3.8, 4) is 11.4 Å². The van der Waals surface area contributed by atoms with E-state index in [2.05, 4.69) is 205 Å². The zero-order valence-electron chi connectivity index (χ0n) is 34.2. The van der Waals surface area contributed by atoms with Crippen LogP contribution in [-0.2, 0) is 12.8 Å². The van der Waals surface area contributed by atoms with Crippen molar-refractivity contribution in [2.24, 2.45) is 11.8 Å². The first-order valence-corrected chi connectivity index (χ1v) is 23.0. The molecule has 0 radical (unpaired) electrons. The Morgan fingerprint density at radius 1 is 0.407 bits per heavy atom. The summed E-state index contributed by atoms with van der Waals surface area (Å²) in [4.78, 5) is 9.12. The van der Waals surface area contributed by atoms with Gasteiger partial charge in [0.15, 0.2) is 8.07 Å². The fraction of sp³-hybridized carbons (Fsp3) is 0.148. The summed E-state index contributed by atoms with van der Waals surface area (Å²) in [6.07, 6.45) is 9.98. The van der Waals surface area contributed by atoms with E-state index in [0.717, 1.165) is 24.2 Å². The number of pyridine rings is 2. The summed E-state index contributed by atoms with van der Waals surface area (Å²) < 4.78 is 4.82. The molecule has 0 N–H and O–H groups in total. The van der Waals surface area contributed by atoms with Crippen LogP contribution in [-0.4, -0.2) is 27.2 Å². The lowest BCUT2D eigenvalue weighted by molar-refractivity contribution is 0.647. The maximum absolute atomic E-state index is 4.56. The number of fused-ring (bicyclic) bond motifs is 6. The Hall–Kier alpha value is -6.56. The third-order valence-electron chi connectivity index (χ3n) is 12.1. The first-order valence-electron chi connectivity index (χ1n) is 21.0. The molecular weight excluding hydrogens is 733 g/mol. The Morgan fingerprint density at radius 2 is 0.780 bits per heavy atom. The highest BCUT2D eigenvalue weighted by atomic mass is 28.3. The maximum atomic E-state index is 4.56. The Kier molecular flexibility index (Phi) is 9.34. The van der Waals surface area contributed by atoms with Gasteiger partial charge in [0, 0.05) is 57.7 Å². The van der Waals surface area contributed by atoms with Gasteiger partial charge in [-0.3, -0.25) is 9.97 Å². The Balaban J connectivity index is 1.14. The van der Waals surface area contributed by atoms with Gasteiger partial charge in [0.25, 0.3) is 0 Å². The Bertz CT molecular complexity index is 2870. The third kappa shape index (κ3) is 6.28. The highest BCUT2D eigenvalue weighted by Crippen LogP contribution is 2.34. The topological polar surface area (TPSA) is 35.6 Å². The Labute approximate surface area is 347 Å². The van der Waals surface area contributed by atoms with Crippen molar-refractivity contribution in [2.45, 2.75) is 40.5 Å². The minimum Gasteiger partial charge on any atom is -0.309 e. The van der Waals surface area contributed by atoms with Gasteiger partial charge in [-0.15, -0.1) is 0 Å². The van der Waals surface area contributed by atoms with E-state index >= 15 is 0 Å². The summed E-state index contributed by atoms with van der Waals surface area (Å²) in [5.74, 6) is 1.19. The molecule has 0 bridgehead atoms. The lowest BCUT2D eigenvalue weighted by atomic mass is 10.0. The van der Waals surface area contributed by atoms with Crippen LogP contribution in [0.25, 0.3) is 55.0 Å². The first-order chi connectivity index (χ1) is 28.9. The molecule has 6 aromatic carbocycles. The number of hydrogen-bond acceptors (Lipinski definition) is 2. The number of benzene rings is 6. The second kappa shape index (κ2) is 15.0. The van der Waals surface area contributed by atoms with E-state index in [9.17, 15) is 0 Å². The van der Waals surface area contributed by atoms with E-state index in [1.165, 1.54) is 75.5 Å². The third-order valence-corrected chi connectivity index (χ3v) is 16.9. The lowest BCUT2D eigenvalue weighted by Crippen LogP contribution is -2.74. The summed E-state index contributed by atoms with van der Waals surface area (Å²) in [5.41, 5.74) is 9.78. The highest BCUT2D eigenvalue weighted by Gasteiger charge is 2.41. The van der Waals surface area contributed by atoms with E-state index in [1.807, 2.05) is 24.8 Å². The van der Waals surface area contributed by atoms with Gasteiger partial charge in [-0.1, -0.05) is 125 Å². The first kappa shape index (κ1) is 36.8. The van der Waals surface area contributed by atoms with E-state index in [1.54, 1.807) is 0 Å². The molecule has 10 rings (SSSR count). The molecule has 4 nitrogen and oxygen atoms in total. The van der Waals surface area contributed by atoms with Crippen LogP contribution in [0.3, 0.4) is 0 Å². The van der Waals surface area contributed by atoms with E-state index in [0.29, 0.717) is 11.8 Å². The lowest BCUT2D eigenvalue weighted by Gasteiger charge is -2.34. The zero-order valence-corrected chi connectivity index (χ0v) is 35.2. The second-order valence-electron chi connectivity index (χ2n) is 16.9. The van der Waals surface area contributed by atoms with Gasteiger partial charge in [-0.2, -0.15) is 0 Å². The number of nitrogens with zero attached hydrogens (tertiary/aromatic N) is 4. The molecule has 0 atom stereocenters. The predicted octanol–water partition coefficient (Wildman–Crippen LogP) is 10.4. The molecule has 0 saturated carbocycles. The van der Waals surface area contributed by atoms with E-state index in [4.69, 9.17) is 0 Å². The quantitative estimate of drug-likeness (QED) is 0.102. The molecule has 0 aliphatic carbocycles. The molecule has 0 spiro atoms. The van der Waals surface area contributed by atoms with Crippen molar-refractivity contribution in [1.29, 1.82) is 0 Å². The molecule has 5 heteroatoms. The standard InChI is InChI=1S/C54H48N4Si/c1-37(2)31-39-15-25-51-47(33-39)49-35-55-29-27-53(49)57(51)41-17-21-45(22-18-41)59(43-11-7-5-8-12-43,44-13-9-6-10-14-44)46-23-19-42(20-24-46)58-52-26-16-40(32-38(3)4)34-48(52)50-36-56-30-28-54(50)58/h5-30,33-38H,31-32H2,1-4H3. The molecule has 4 aromatic heterocycles. The molecule has 0 saturated heterocycles. The van der Waals surface area contributed by atoms with Gasteiger partial charge in [0.1, 0.15) is 0 Å². The minimum atomic E-state index is -2.82. The van der Waals surface area contributed by atoms with Gasteiger partial charge in [-0.05, 0) is 117 Å². The summed E-state index contributed by atoms with van der Waals surface area (Å²) in [7, 11) is -2.82. The van der Waals surface area contributed by atoms with Crippen molar-refractivity contribution in [2.75, 3.05) is 0 Å². The highest BCUT2D eigenvalue weighted by molar-refractivity contribution is 7.19. The molecule has 0 aliphatic rings. The molecule has 59 heavy (non-hydrogen) atoms. The van der Waals surface area contributed by atoms with Gasteiger partial charge in [-0.25, -0.2) is 0 Å². The summed E-state index contributed by atoms with van der Waals surface area (Å²) in [5, 5.41) is 10.3. The molecule has 0 fully saturated rings. The van der Waals surface area contributed by atoms with Gasteiger partial charge < -0.3 is 9.13 Å². The zero-order chi connectivity index (χ0) is 40.1. The summed E-state index contributed by atoms with van der Waals surface area (Å²) >= 11 is 0. The van der Waals surface area contributed by atoms with Crippen molar-refractivity contribution in [3.05, 3.63) is 194 Å². The average Bonchev–Trinajstić information content (AvgIpc) is 3.77. The van der Waals surface area contributed by atoms with Gasteiger partial charge >= 0.3 is 0 Å². The van der Waals surface area contributed by atoms with Crippen molar-refractivity contribution in [1.82, 2.24) is 19.1 Å². The normalized spacial score (nSPS) is 12.2. The van der Waals surface area contributed by atoms with Crippen LogP contribution < -0.4 is 20.7 Å². The molecule has 288 valence electrons. The fourth-order valence-electron chi connectivity index (χ4n) is 9.68. The van der Waals surface area contributed by atoms with E-state index in [-0.39, 0.29) is 0 Å². The van der Waals surface area contributed by atoms with Crippen LogP contribution in [0.1, 0.15) is 38.8 Å².